The molecule has 124 valence electrons. The molecule has 0 aliphatic carbocycles. The van der Waals surface area contributed by atoms with Crippen molar-refractivity contribution in [3.63, 3.8) is 0 Å². The molecule has 0 unspecified atom stereocenters. The number of rotatable bonds is 6. The van der Waals surface area contributed by atoms with E-state index in [-0.39, 0.29) is 17.2 Å². The molecule has 2 N–H and O–H groups in total. The Morgan fingerprint density at radius 3 is 1.61 bits per heavy atom. The maximum absolute atomic E-state index is 11.0. The third-order valence-electron chi connectivity index (χ3n) is 3.58. The lowest BCUT2D eigenvalue weighted by Gasteiger charge is -2.21. The third-order valence-corrected chi connectivity index (χ3v) is 6.40. The Bertz CT molecular complexity index is 643. The van der Waals surface area contributed by atoms with Gasteiger partial charge in [-0.25, -0.2) is 0 Å². The first-order valence-electron chi connectivity index (χ1n) is 7.46. The zero-order valence-corrected chi connectivity index (χ0v) is 15.5. The first-order chi connectivity index (χ1) is 10.8. The number of amides is 2. The van der Waals surface area contributed by atoms with Gasteiger partial charge >= 0.3 is 0 Å². The van der Waals surface area contributed by atoms with Crippen molar-refractivity contribution in [1.29, 1.82) is 0 Å². The molecule has 0 spiro atoms. The Kier molecular flexibility index (Phi) is 5.59. The molecule has 4 nitrogen and oxygen atoms in total. The van der Waals surface area contributed by atoms with E-state index in [4.69, 9.17) is 0 Å². The van der Waals surface area contributed by atoms with E-state index >= 15 is 0 Å². The fraction of sp³-hybridized carbons (Fsp3) is 0.412. The van der Waals surface area contributed by atoms with Crippen molar-refractivity contribution in [2.24, 2.45) is 0 Å². The van der Waals surface area contributed by atoms with Gasteiger partial charge in [0.25, 0.3) is 0 Å². The molecule has 0 aliphatic rings. The number of hydrogen-bond donors (Lipinski definition) is 2. The molecule has 23 heavy (non-hydrogen) atoms. The number of thiophene rings is 2. The lowest BCUT2D eigenvalue weighted by molar-refractivity contribution is -0.119. The average Bonchev–Trinajstić information content (AvgIpc) is 3.12. The summed E-state index contributed by atoms with van der Waals surface area (Å²) in [5.74, 6) is -0.0276. The topological polar surface area (TPSA) is 58.2 Å². The highest BCUT2D eigenvalue weighted by atomic mass is 32.1. The van der Waals surface area contributed by atoms with Gasteiger partial charge in [-0.15, -0.1) is 22.7 Å². The Labute approximate surface area is 144 Å². The monoisotopic (exact) mass is 350 g/mol. The summed E-state index contributed by atoms with van der Waals surface area (Å²) in [5.41, 5.74) is -0.0850. The quantitative estimate of drug-likeness (QED) is 0.839. The molecule has 2 amide bonds. The highest BCUT2D eigenvalue weighted by molar-refractivity contribution is 7.13. The van der Waals surface area contributed by atoms with E-state index in [1.54, 1.807) is 22.7 Å². The Morgan fingerprint density at radius 2 is 1.26 bits per heavy atom. The van der Waals surface area contributed by atoms with Gasteiger partial charge < -0.3 is 10.6 Å². The van der Waals surface area contributed by atoms with E-state index in [0.29, 0.717) is 13.1 Å². The van der Waals surface area contributed by atoms with E-state index in [9.17, 15) is 9.59 Å². The molecule has 2 rings (SSSR count). The van der Waals surface area contributed by atoms with Crippen molar-refractivity contribution in [1.82, 2.24) is 10.6 Å². The molecular formula is C17H22N2O2S2. The summed E-state index contributed by atoms with van der Waals surface area (Å²) in [6, 6.07) is 8.41. The Morgan fingerprint density at radius 1 is 0.870 bits per heavy atom. The summed E-state index contributed by atoms with van der Waals surface area (Å²) >= 11 is 3.45. The van der Waals surface area contributed by atoms with Crippen molar-refractivity contribution in [3.05, 3.63) is 43.8 Å². The summed E-state index contributed by atoms with van der Waals surface area (Å²) < 4.78 is 0. The van der Waals surface area contributed by atoms with Crippen molar-refractivity contribution in [2.75, 3.05) is 0 Å². The SMILES string of the molecule is CC(=O)NCc1ccc(C(C)(C)c2ccc(CNC(C)=O)s2)s1. The van der Waals surface area contributed by atoms with E-state index < -0.39 is 0 Å². The molecule has 0 saturated carbocycles. The molecule has 0 bridgehead atoms. The largest absolute Gasteiger partial charge is 0.351 e. The number of hydrogen-bond acceptors (Lipinski definition) is 4. The van der Waals surface area contributed by atoms with Crippen LogP contribution in [-0.2, 0) is 28.1 Å². The van der Waals surface area contributed by atoms with Gasteiger partial charge in [0.2, 0.25) is 11.8 Å². The predicted molar refractivity (Wildman–Crippen MR) is 95.8 cm³/mol. The fourth-order valence-corrected chi connectivity index (χ4v) is 4.36. The van der Waals surface area contributed by atoms with Gasteiger partial charge in [0.1, 0.15) is 0 Å². The second-order valence-corrected chi connectivity index (χ2v) is 8.31. The van der Waals surface area contributed by atoms with Crippen LogP contribution in [0.25, 0.3) is 0 Å². The van der Waals surface area contributed by atoms with Gasteiger partial charge in [0, 0.05) is 38.8 Å². The van der Waals surface area contributed by atoms with Crippen LogP contribution in [0.5, 0.6) is 0 Å². The summed E-state index contributed by atoms with van der Waals surface area (Å²) in [5, 5.41) is 5.66. The number of carbonyl (C=O) groups excluding carboxylic acids is 2. The second kappa shape index (κ2) is 7.27. The molecule has 2 aromatic rings. The van der Waals surface area contributed by atoms with Crippen LogP contribution in [0.15, 0.2) is 24.3 Å². The lowest BCUT2D eigenvalue weighted by atomic mass is 9.90. The van der Waals surface area contributed by atoms with E-state index in [1.165, 1.54) is 23.6 Å². The van der Waals surface area contributed by atoms with E-state index in [0.717, 1.165) is 9.75 Å². The smallest absolute Gasteiger partial charge is 0.217 e. The van der Waals surface area contributed by atoms with Gasteiger partial charge in [-0.3, -0.25) is 9.59 Å². The normalized spacial score (nSPS) is 11.3. The first-order valence-corrected chi connectivity index (χ1v) is 9.09. The molecule has 0 aliphatic heterocycles. The summed E-state index contributed by atoms with van der Waals surface area (Å²) in [6.45, 7) is 8.62. The van der Waals surface area contributed by atoms with Gasteiger partial charge in [-0.2, -0.15) is 0 Å². The van der Waals surface area contributed by atoms with Crippen LogP contribution < -0.4 is 10.6 Å². The zero-order valence-electron chi connectivity index (χ0n) is 13.9. The molecule has 2 heterocycles. The lowest BCUT2D eigenvalue weighted by Crippen LogP contribution is -2.18. The van der Waals surface area contributed by atoms with E-state index in [2.05, 4.69) is 48.7 Å². The van der Waals surface area contributed by atoms with Crippen LogP contribution in [0.3, 0.4) is 0 Å². The third kappa shape index (κ3) is 4.65. The molecule has 0 radical (unpaired) electrons. The summed E-state index contributed by atoms with van der Waals surface area (Å²) in [7, 11) is 0. The van der Waals surface area contributed by atoms with Gasteiger partial charge in [0.05, 0.1) is 13.1 Å². The zero-order chi connectivity index (χ0) is 17.0. The number of nitrogens with one attached hydrogen (secondary N) is 2. The van der Waals surface area contributed by atoms with Crippen LogP contribution in [-0.4, -0.2) is 11.8 Å². The fourth-order valence-electron chi connectivity index (χ4n) is 2.16. The number of carbonyl (C=O) groups is 2. The molecular weight excluding hydrogens is 328 g/mol. The van der Waals surface area contributed by atoms with Crippen LogP contribution in [0, 0.1) is 0 Å². The minimum atomic E-state index is -0.0850. The highest BCUT2D eigenvalue weighted by Crippen LogP contribution is 2.39. The van der Waals surface area contributed by atoms with Crippen LogP contribution >= 0.6 is 22.7 Å². The van der Waals surface area contributed by atoms with Gasteiger partial charge in [-0.05, 0) is 24.3 Å². The average molecular weight is 351 g/mol. The summed E-state index contributed by atoms with van der Waals surface area (Å²) in [4.78, 5) is 26.9. The minimum absolute atomic E-state index is 0.0138. The van der Waals surface area contributed by atoms with Crippen LogP contribution in [0.1, 0.15) is 47.2 Å². The van der Waals surface area contributed by atoms with Crippen molar-refractivity contribution in [3.8, 4) is 0 Å². The maximum atomic E-state index is 11.0. The minimum Gasteiger partial charge on any atom is -0.351 e. The molecule has 0 saturated heterocycles. The first kappa shape index (κ1) is 17.7. The van der Waals surface area contributed by atoms with Crippen LogP contribution in [0.4, 0.5) is 0 Å². The second-order valence-electron chi connectivity index (χ2n) is 5.98. The molecule has 2 aromatic heterocycles. The van der Waals surface area contributed by atoms with E-state index in [1.807, 2.05) is 0 Å². The highest BCUT2D eigenvalue weighted by Gasteiger charge is 2.26. The Balaban J connectivity index is 2.11. The predicted octanol–water partition coefficient (Wildman–Crippen LogP) is 3.41. The van der Waals surface area contributed by atoms with Gasteiger partial charge in [-0.1, -0.05) is 13.8 Å². The van der Waals surface area contributed by atoms with Gasteiger partial charge in [0.15, 0.2) is 0 Å². The molecule has 6 heteroatoms. The van der Waals surface area contributed by atoms with Crippen LogP contribution in [0.2, 0.25) is 0 Å². The molecule has 0 fully saturated rings. The van der Waals surface area contributed by atoms with Crippen molar-refractivity contribution < 1.29 is 9.59 Å². The molecule has 0 atom stereocenters. The Hall–Kier alpha value is -1.66. The summed E-state index contributed by atoms with van der Waals surface area (Å²) in [6.07, 6.45) is 0. The molecule has 0 aromatic carbocycles. The van der Waals surface area contributed by atoms with Crippen molar-refractivity contribution in [2.45, 2.75) is 46.2 Å². The standard InChI is InChI=1S/C17H22N2O2S2/c1-11(20)18-9-13-5-7-15(22-13)17(3,4)16-8-6-14(23-16)10-19-12(2)21/h5-8H,9-10H2,1-4H3,(H,18,20)(H,19,21). The van der Waals surface area contributed by atoms with Crippen molar-refractivity contribution >= 4 is 34.5 Å². The maximum Gasteiger partial charge on any atom is 0.217 e.